The van der Waals surface area contributed by atoms with E-state index in [4.69, 9.17) is 8.75 Å². The molecule has 1 aliphatic carbocycles. The Hall–Kier alpha value is -10.2. The molecule has 1 aliphatic rings. The van der Waals surface area contributed by atoms with E-state index in [1.165, 1.54) is 94.0 Å². The summed E-state index contributed by atoms with van der Waals surface area (Å²) in [5.74, 6) is 0. The third-order valence-electron chi connectivity index (χ3n) is 16.7. The molecule has 0 spiro atoms. The summed E-state index contributed by atoms with van der Waals surface area (Å²) in [4.78, 5) is 2.35. The lowest BCUT2D eigenvalue weighted by Gasteiger charge is -2.34. The molecule has 0 aliphatic heterocycles. The Bertz CT molecular complexity index is 4740. The van der Waals surface area contributed by atoms with Crippen LogP contribution >= 0.6 is 11.7 Å². The second-order valence-corrected chi connectivity index (χ2v) is 21.5. The van der Waals surface area contributed by atoms with Crippen LogP contribution in [0.15, 0.2) is 291 Å². The fourth-order valence-corrected chi connectivity index (χ4v) is 13.8. The molecule has 0 saturated heterocycles. The summed E-state index contributed by atoms with van der Waals surface area (Å²) in [6, 6.07) is 107. The first-order chi connectivity index (χ1) is 39.7. The van der Waals surface area contributed by atoms with Crippen LogP contribution in [0.25, 0.3) is 105 Å². The van der Waals surface area contributed by atoms with Gasteiger partial charge in [-0.2, -0.15) is 8.75 Å². The van der Waals surface area contributed by atoms with Crippen molar-refractivity contribution < 1.29 is 0 Å². The maximum Gasteiger partial charge on any atom is 0.129 e. The molecular formula is C75H48N4S. The number of hydrogen-bond donors (Lipinski definition) is 0. The average molecular weight is 1040 g/mol. The van der Waals surface area contributed by atoms with Crippen LogP contribution in [0.5, 0.6) is 0 Å². The van der Waals surface area contributed by atoms with Crippen molar-refractivity contribution in [1.82, 2.24) is 13.3 Å². The molecule has 0 N–H and O–H groups in total. The van der Waals surface area contributed by atoms with Crippen LogP contribution in [0.1, 0.15) is 22.3 Å². The molecule has 13 aromatic carbocycles. The molecule has 0 fully saturated rings. The van der Waals surface area contributed by atoms with Gasteiger partial charge in [-0.1, -0.05) is 224 Å². The van der Waals surface area contributed by atoms with Gasteiger partial charge in [0.15, 0.2) is 0 Å². The summed E-state index contributed by atoms with van der Waals surface area (Å²) in [5, 5.41) is 7.55. The molecule has 4 nitrogen and oxygen atoms in total. The Labute approximate surface area is 467 Å². The van der Waals surface area contributed by atoms with Crippen molar-refractivity contribution in [2.45, 2.75) is 5.41 Å². The Kier molecular flexibility index (Phi) is 10.6. The van der Waals surface area contributed by atoms with Crippen molar-refractivity contribution in [3.63, 3.8) is 0 Å². The smallest absolute Gasteiger partial charge is 0.129 e. The molecule has 0 amide bonds. The Morgan fingerprint density at radius 3 is 1.55 bits per heavy atom. The van der Waals surface area contributed by atoms with Crippen molar-refractivity contribution in [2.75, 3.05) is 4.90 Å². The molecule has 2 aromatic heterocycles. The van der Waals surface area contributed by atoms with Gasteiger partial charge in [0.1, 0.15) is 11.0 Å². The van der Waals surface area contributed by atoms with E-state index >= 15 is 0 Å². The van der Waals surface area contributed by atoms with Gasteiger partial charge in [0.25, 0.3) is 0 Å². The molecule has 0 bridgehead atoms. The minimum atomic E-state index is -0.504. The number of aromatic nitrogens is 3. The highest BCUT2D eigenvalue weighted by Gasteiger charge is 2.46. The fraction of sp³-hybridized carbons (Fsp3) is 0.0133. The number of rotatable bonds is 9. The highest BCUT2D eigenvalue weighted by Crippen LogP contribution is 2.57. The molecule has 2 heterocycles. The van der Waals surface area contributed by atoms with E-state index in [1.807, 2.05) is 0 Å². The monoisotopic (exact) mass is 1040 g/mol. The first-order valence-corrected chi connectivity index (χ1v) is 28.0. The number of benzene rings is 13. The topological polar surface area (TPSA) is 34.0 Å². The Morgan fingerprint density at radius 1 is 0.338 bits per heavy atom. The van der Waals surface area contributed by atoms with Crippen LogP contribution in [-0.2, 0) is 5.41 Å². The average Bonchev–Trinajstić information content (AvgIpc) is 4.37. The second-order valence-electron chi connectivity index (χ2n) is 20.9. The highest BCUT2D eigenvalue weighted by molar-refractivity contribution is 7.00. The maximum absolute atomic E-state index is 5.12. The van der Waals surface area contributed by atoms with Crippen LogP contribution < -0.4 is 4.90 Å². The Morgan fingerprint density at radius 2 is 0.863 bits per heavy atom. The molecular weight excluding hydrogens is 989 g/mol. The van der Waals surface area contributed by atoms with E-state index in [1.54, 1.807) is 0 Å². The van der Waals surface area contributed by atoms with E-state index in [0.29, 0.717) is 0 Å². The third-order valence-corrected chi connectivity index (χ3v) is 17.3. The van der Waals surface area contributed by atoms with Gasteiger partial charge in [-0.3, -0.25) is 0 Å². The minimum absolute atomic E-state index is 0.504. The van der Waals surface area contributed by atoms with Crippen molar-refractivity contribution in [3.8, 4) is 50.2 Å². The third kappa shape index (κ3) is 7.07. The molecule has 0 radical (unpaired) electrons. The second kappa shape index (κ2) is 18.5. The molecule has 80 heavy (non-hydrogen) atoms. The van der Waals surface area contributed by atoms with E-state index < -0.39 is 5.41 Å². The van der Waals surface area contributed by atoms with Crippen LogP contribution in [0, 0.1) is 0 Å². The largest absolute Gasteiger partial charge is 0.309 e. The van der Waals surface area contributed by atoms with Gasteiger partial charge >= 0.3 is 0 Å². The van der Waals surface area contributed by atoms with E-state index in [9.17, 15) is 0 Å². The zero-order chi connectivity index (χ0) is 52.7. The molecule has 5 heteroatoms. The van der Waals surface area contributed by atoms with Gasteiger partial charge in [0, 0.05) is 33.4 Å². The quantitative estimate of drug-likeness (QED) is 0.144. The summed E-state index contributed by atoms with van der Waals surface area (Å²) in [5.41, 5.74) is 22.0. The summed E-state index contributed by atoms with van der Waals surface area (Å²) in [6.07, 6.45) is 0. The van der Waals surface area contributed by atoms with E-state index in [2.05, 4.69) is 301 Å². The van der Waals surface area contributed by atoms with Crippen molar-refractivity contribution >= 4 is 83.2 Å². The molecule has 374 valence electrons. The standard InChI is InChI=1S/C75H48N4S/c1-4-17-49(18-5-1)50-31-38-58(39-32-50)78(60-26-16-21-54(47-60)55-35-42-65-64-29-14-15-30-66(64)75(67(65)48-55,56-22-6-2-7-23-56)57-24-8-3-9-25-57)70-46-43-63(73-74(70)77-80-76-73)53-33-40-59(41-34-53)79-68-44-36-51-19-10-12-27-61(51)71(68)72-62-28-13-11-20-52(62)37-45-69(72)79/h1-48H. The number of nitrogens with zero attached hydrogens (tertiary/aromatic N) is 4. The van der Waals surface area contributed by atoms with Crippen LogP contribution in [0.4, 0.5) is 17.1 Å². The number of hydrogen-bond acceptors (Lipinski definition) is 4. The van der Waals surface area contributed by atoms with Crippen LogP contribution in [-0.4, -0.2) is 13.3 Å². The fourth-order valence-electron chi connectivity index (χ4n) is 13.2. The van der Waals surface area contributed by atoms with Gasteiger partial charge < -0.3 is 9.47 Å². The normalized spacial score (nSPS) is 12.6. The molecule has 0 saturated carbocycles. The zero-order valence-corrected chi connectivity index (χ0v) is 44.2. The summed E-state index contributed by atoms with van der Waals surface area (Å²) < 4.78 is 12.6. The lowest BCUT2D eigenvalue weighted by Crippen LogP contribution is -2.28. The highest BCUT2D eigenvalue weighted by atomic mass is 32.1. The van der Waals surface area contributed by atoms with Crippen LogP contribution in [0.2, 0.25) is 0 Å². The lowest BCUT2D eigenvalue weighted by molar-refractivity contribution is 0.769. The molecule has 0 atom stereocenters. The van der Waals surface area contributed by atoms with E-state index in [0.717, 1.165) is 61.6 Å². The first-order valence-electron chi connectivity index (χ1n) is 27.3. The maximum atomic E-state index is 5.12. The summed E-state index contributed by atoms with van der Waals surface area (Å²) in [6.45, 7) is 0. The Balaban J connectivity index is 0.824. The van der Waals surface area contributed by atoms with Gasteiger partial charge in [-0.05, 0) is 149 Å². The van der Waals surface area contributed by atoms with Gasteiger partial charge in [-0.15, -0.1) is 0 Å². The van der Waals surface area contributed by atoms with Crippen molar-refractivity contribution in [3.05, 3.63) is 313 Å². The molecule has 0 unspecified atom stereocenters. The lowest BCUT2D eigenvalue weighted by atomic mass is 9.67. The first kappa shape index (κ1) is 45.9. The summed E-state index contributed by atoms with van der Waals surface area (Å²) >= 11 is 1.26. The SMILES string of the molecule is c1ccc(-c2ccc(N(c3cccc(-c4ccc5c(c4)C(c4ccccc4)(c4ccccc4)c4ccccc4-5)c3)c3ccc(-c4ccc(-n5c6ccc7ccccc7c6c6c7ccccc7ccc65)cc4)c4nsnc34)cc2)cc1. The summed E-state index contributed by atoms with van der Waals surface area (Å²) in [7, 11) is 0. The van der Waals surface area contributed by atoms with Gasteiger partial charge in [0.05, 0.1) is 33.9 Å². The van der Waals surface area contributed by atoms with Crippen molar-refractivity contribution in [2.24, 2.45) is 0 Å². The number of anilines is 3. The van der Waals surface area contributed by atoms with Gasteiger partial charge in [-0.25, -0.2) is 0 Å². The molecule has 15 aromatic rings. The zero-order valence-electron chi connectivity index (χ0n) is 43.4. The van der Waals surface area contributed by atoms with E-state index in [-0.39, 0.29) is 0 Å². The van der Waals surface area contributed by atoms with Crippen molar-refractivity contribution in [1.29, 1.82) is 0 Å². The molecule has 16 rings (SSSR count). The minimum Gasteiger partial charge on any atom is -0.309 e. The number of fused-ring (bicyclic) bond motifs is 11. The van der Waals surface area contributed by atoms with Crippen LogP contribution in [0.3, 0.4) is 0 Å². The predicted octanol–water partition coefficient (Wildman–Crippen LogP) is 19.9. The van der Waals surface area contributed by atoms with Gasteiger partial charge in [0.2, 0.25) is 0 Å². The predicted molar refractivity (Wildman–Crippen MR) is 335 cm³/mol.